The molecule has 2 atom stereocenters. The van der Waals surface area contributed by atoms with E-state index in [1.807, 2.05) is 13.0 Å². The average molecular weight is 282 g/mol. The van der Waals surface area contributed by atoms with Crippen LogP contribution in [-0.2, 0) is 0 Å². The second-order valence-corrected chi connectivity index (χ2v) is 6.06. The summed E-state index contributed by atoms with van der Waals surface area (Å²) in [5.74, 6) is 0. The van der Waals surface area contributed by atoms with Crippen molar-refractivity contribution in [2.75, 3.05) is 32.1 Å². The van der Waals surface area contributed by atoms with E-state index in [4.69, 9.17) is 17.3 Å². The monoisotopic (exact) mass is 281 g/mol. The summed E-state index contributed by atoms with van der Waals surface area (Å²) in [5, 5.41) is 0.790. The molecule has 2 rings (SSSR count). The summed E-state index contributed by atoms with van der Waals surface area (Å²) in [6.45, 7) is 4.20. The van der Waals surface area contributed by atoms with Crippen LogP contribution in [0.4, 0.5) is 5.69 Å². The maximum Gasteiger partial charge on any atom is 0.0642 e. The van der Waals surface area contributed by atoms with Crippen LogP contribution in [0.3, 0.4) is 0 Å². The molecule has 0 spiro atoms. The van der Waals surface area contributed by atoms with E-state index in [1.54, 1.807) is 0 Å². The fraction of sp³-hybridized carbons (Fsp3) is 0.600. The third-order valence-electron chi connectivity index (χ3n) is 4.06. The Morgan fingerprint density at radius 2 is 2.26 bits per heavy atom. The van der Waals surface area contributed by atoms with Crippen molar-refractivity contribution in [3.8, 4) is 0 Å². The van der Waals surface area contributed by atoms with Gasteiger partial charge in [-0.05, 0) is 51.1 Å². The van der Waals surface area contributed by atoms with Gasteiger partial charge in [0.15, 0.2) is 0 Å². The van der Waals surface area contributed by atoms with Crippen molar-refractivity contribution in [3.63, 3.8) is 0 Å². The second-order valence-electron chi connectivity index (χ2n) is 5.66. The first-order chi connectivity index (χ1) is 8.99. The molecule has 0 aromatic heterocycles. The molecule has 1 aromatic rings. The Morgan fingerprint density at radius 3 is 2.79 bits per heavy atom. The molecule has 4 heteroatoms. The van der Waals surface area contributed by atoms with Crippen LogP contribution in [0.25, 0.3) is 0 Å². The molecule has 1 saturated heterocycles. The first-order valence-corrected chi connectivity index (χ1v) is 7.33. The molecule has 1 aliphatic rings. The van der Waals surface area contributed by atoms with E-state index in [2.05, 4.69) is 36.0 Å². The number of benzene rings is 1. The van der Waals surface area contributed by atoms with E-state index in [1.165, 1.54) is 19.4 Å². The van der Waals surface area contributed by atoms with Crippen LogP contribution in [0.1, 0.15) is 31.4 Å². The quantitative estimate of drug-likeness (QED) is 0.921. The van der Waals surface area contributed by atoms with E-state index in [0.29, 0.717) is 6.04 Å². The van der Waals surface area contributed by atoms with Crippen molar-refractivity contribution < 1.29 is 0 Å². The zero-order valence-corrected chi connectivity index (χ0v) is 12.8. The lowest BCUT2D eigenvalue weighted by Crippen LogP contribution is -2.36. The molecule has 2 N–H and O–H groups in total. The Balaban J connectivity index is 2.08. The van der Waals surface area contributed by atoms with Gasteiger partial charge in [-0.2, -0.15) is 0 Å². The van der Waals surface area contributed by atoms with Gasteiger partial charge in [-0.1, -0.05) is 17.7 Å². The normalized spacial score (nSPS) is 21.6. The zero-order chi connectivity index (χ0) is 14.0. The smallest absolute Gasteiger partial charge is 0.0642 e. The van der Waals surface area contributed by atoms with Crippen LogP contribution in [0.5, 0.6) is 0 Å². The number of anilines is 1. The number of hydrogen-bond donors (Lipinski definition) is 1. The minimum atomic E-state index is 0.0258. The number of nitrogens with two attached hydrogens (primary N) is 1. The molecule has 3 nitrogen and oxygen atoms in total. The Kier molecular flexibility index (Phi) is 4.71. The summed E-state index contributed by atoms with van der Waals surface area (Å²) in [6, 6.07) is 6.79. The van der Waals surface area contributed by atoms with Crippen LogP contribution in [0.2, 0.25) is 5.02 Å². The lowest BCUT2D eigenvalue weighted by molar-refractivity contribution is 0.314. The van der Waals surface area contributed by atoms with Crippen molar-refractivity contribution in [1.29, 1.82) is 0 Å². The van der Waals surface area contributed by atoms with Gasteiger partial charge in [-0.25, -0.2) is 0 Å². The van der Waals surface area contributed by atoms with Gasteiger partial charge < -0.3 is 15.5 Å². The van der Waals surface area contributed by atoms with Crippen LogP contribution >= 0.6 is 11.6 Å². The van der Waals surface area contributed by atoms with Crippen molar-refractivity contribution in [2.24, 2.45) is 5.73 Å². The number of nitrogens with zero attached hydrogens (tertiary/aromatic N) is 2. The third kappa shape index (κ3) is 3.41. The van der Waals surface area contributed by atoms with Gasteiger partial charge in [0.05, 0.1) is 10.7 Å². The summed E-state index contributed by atoms with van der Waals surface area (Å²) in [7, 11) is 4.31. The number of halogens is 1. The number of rotatable bonds is 4. The molecule has 1 fully saturated rings. The molecule has 0 radical (unpaired) electrons. The molecular weight excluding hydrogens is 258 g/mol. The van der Waals surface area contributed by atoms with Crippen LogP contribution in [-0.4, -0.2) is 38.1 Å². The highest BCUT2D eigenvalue weighted by atomic mass is 35.5. The molecule has 106 valence electrons. The highest BCUT2D eigenvalue weighted by Gasteiger charge is 2.22. The highest BCUT2D eigenvalue weighted by Crippen LogP contribution is 2.29. The first-order valence-electron chi connectivity index (χ1n) is 6.95. The van der Waals surface area contributed by atoms with E-state index >= 15 is 0 Å². The van der Waals surface area contributed by atoms with Gasteiger partial charge in [0.25, 0.3) is 0 Å². The van der Waals surface area contributed by atoms with E-state index in [-0.39, 0.29) is 6.04 Å². The van der Waals surface area contributed by atoms with E-state index < -0.39 is 0 Å². The molecule has 19 heavy (non-hydrogen) atoms. The molecule has 0 bridgehead atoms. The molecule has 1 aliphatic heterocycles. The molecule has 1 heterocycles. The predicted octanol–water partition coefficient (Wildman–Crippen LogP) is 2.89. The molecule has 0 aliphatic carbocycles. The van der Waals surface area contributed by atoms with Crippen molar-refractivity contribution in [3.05, 3.63) is 28.8 Å². The van der Waals surface area contributed by atoms with Gasteiger partial charge in [-0.3, -0.25) is 0 Å². The lowest BCUT2D eigenvalue weighted by atomic mass is 10.1. The molecule has 0 amide bonds. The Bertz CT molecular complexity index is 433. The van der Waals surface area contributed by atoms with Crippen LogP contribution in [0.15, 0.2) is 18.2 Å². The minimum absolute atomic E-state index is 0.0258. The zero-order valence-electron chi connectivity index (χ0n) is 12.1. The number of likely N-dealkylation sites (tertiary alicyclic amines) is 1. The standard InChI is InChI=1S/C15H24ClN3/c1-11(17)12-6-7-15(14(16)9-12)19(3)10-13-5-4-8-18(13)2/h6-7,9,11,13H,4-5,8,10,17H2,1-3H3/t11-,13?/m1/s1. The van der Waals surface area contributed by atoms with Crippen molar-refractivity contribution in [2.45, 2.75) is 31.8 Å². The Hall–Kier alpha value is -0.770. The minimum Gasteiger partial charge on any atom is -0.372 e. The number of hydrogen-bond acceptors (Lipinski definition) is 3. The van der Waals surface area contributed by atoms with Crippen LogP contribution < -0.4 is 10.6 Å². The summed E-state index contributed by atoms with van der Waals surface area (Å²) in [5.41, 5.74) is 8.05. The topological polar surface area (TPSA) is 32.5 Å². The largest absolute Gasteiger partial charge is 0.372 e. The summed E-state index contributed by atoms with van der Waals surface area (Å²) < 4.78 is 0. The van der Waals surface area contributed by atoms with Crippen LogP contribution in [0, 0.1) is 0 Å². The first kappa shape index (κ1) is 14.6. The predicted molar refractivity (Wildman–Crippen MR) is 83.0 cm³/mol. The van der Waals surface area contributed by atoms with Crippen molar-refractivity contribution in [1.82, 2.24) is 4.90 Å². The van der Waals surface area contributed by atoms with Gasteiger partial charge >= 0.3 is 0 Å². The molecule has 1 unspecified atom stereocenters. The Labute approximate surface area is 121 Å². The fourth-order valence-electron chi connectivity index (χ4n) is 2.74. The van der Waals surface area contributed by atoms with Crippen molar-refractivity contribution >= 4 is 17.3 Å². The highest BCUT2D eigenvalue weighted by molar-refractivity contribution is 6.33. The maximum atomic E-state index is 6.38. The third-order valence-corrected chi connectivity index (χ3v) is 4.37. The van der Waals surface area contributed by atoms with Gasteiger partial charge in [0.1, 0.15) is 0 Å². The molecule has 0 saturated carbocycles. The van der Waals surface area contributed by atoms with Gasteiger partial charge in [0, 0.05) is 25.7 Å². The Morgan fingerprint density at radius 1 is 1.53 bits per heavy atom. The number of likely N-dealkylation sites (N-methyl/N-ethyl adjacent to an activating group) is 2. The maximum absolute atomic E-state index is 6.38. The summed E-state index contributed by atoms with van der Waals surface area (Å²) in [4.78, 5) is 4.68. The second kappa shape index (κ2) is 6.12. The van der Waals surface area contributed by atoms with E-state index in [9.17, 15) is 0 Å². The lowest BCUT2D eigenvalue weighted by Gasteiger charge is -2.28. The average Bonchev–Trinajstić information content (AvgIpc) is 2.74. The SMILES string of the molecule is C[C@@H](N)c1ccc(N(C)CC2CCCN2C)c(Cl)c1. The van der Waals surface area contributed by atoms with E-state index in [0.717, 1.165) is 22.8 Å². The summed E-state index contributed by atoms with van der Waals surface area (Å²) >= 11 is 6.38. The fourth-order valence-corrected chi connectivity index (χ4v) is 3.07. The summed E-state index contributed by atoms with van der Waals surface area (Å²) in [6.07, 6.45) is 2.57. The molecule has 1 aromatic carbocycles. The van der Waals surface area contributed by atoms with Gasteiger partial charge in [0.2, 0.25) is 0 Å². The molecular formula is C15H24ClN3. The van der Waals surface area contributed by atoms with Gasteiger partial charge in [-0.15, -0.1) is 0 Å².